The maximum Gasteiger partial charge on any atom is 0.00965 e. The monoisotopic (exact) mass is 227 g/mol. The van der Waals surface area contributed by atoms with Crippen molar-refractivity contribution in [3.8, 4) is 0 Å². The first kappa shape index (κ1) is 16.0. The van der Waals surface area contributed by atoms with E-state index in [0.29, 0.717) is 10.8 Å². The molecule has 1 N–H and O–H groups in total. The van der Waals surface area contributed by atoms with Gasteiger partial charge in [0.15, 0.2) is 0 Å². The standard InChI is InChI=1S/C15H33N/c1-13(2,3)12-15(7,8)10-9-11-16-14(4,5)6/h16H,9-12H2,1-8H3. The first-order valence-electron chi connectivity index (χ1n) is 6.66. The zero-order valence-corrected chi connectivity index (χ0v) is 12.8. The van der Waals surface area contributed by atoms with Gasteiger partial charge in [0.25, 0.3) is 0 Å². The average molecular weight is 227 g/mol. The molecule has 0 radical (unpaired) electrons. The van der Waals surface area contributed by atoms with Crippen LogP contribution in [-0.4, -0.2) is 12.1 Å². The summed E-state index contributed by atoms with van der Waals surface area (Å²) in [7, 11) is 0. The highest BCUT2D eigenvalue weighted by Gasteiger charge is 2.24. The van der Waals surface area contributed by atoms with Gasteiger partial charge < -0.3 is 5.32 Å². The van der Waals surface area contributed by atoms with Crippen LogP contribution in [-0.2, 0) is 0 Å². The summed E-state index contributed by atoms with van der Waals surface area (Å²) in [4.78, 5) is 0. The minimum absolute atomic E-state index is 0.258. The van der Waals surface area contributed by atoms with Gasteiger partial charge in [-0.2, -0.15) is 0 Å². The van der Waals surface area contributed by atoms with Gasteiger partial charge in [-0.1, -0.05) is 34.6 Å². The Hall–Kier alpha value is -0.0400. The van der Waals surface area contributed by atoms with Crippen LogP contribution in [0.5, 0.6) is 0 Å². The topological polar surface area (TPSA) is 12.0 Å². The van der Waals surface area contributed by atoms with E-state index in [-0.39, 0.29) is 5.54 Å². The second-order valence-electron chi connectivity index (χ2n) is 8.18. The third-order valence-electron chi connectivity index (χ3n) is 2.69. The summed E-state index contributed by atoms with van der Waals surface area (Å²) in [6, 6.07) is 0. The Bertz CT molecular complexity index is 190. The molecule has 1 heteroatoms. The van der Waals surface area contributed by atoms with Crippen LogP contribution >= 0.6 is 0 Å². The van der Waals surface area contributed by atoms with Gasteiger partial charge in [-0.25, -0.2) is 0 Å². The molecule has 0 aromatic heterocycles. The molecule has 0 saturated carbocycles. The maximum atomic E-state index is 3.56. The molecule has 16 heavy (non-hydrogen) atoms. The first-order valence-corrected chi connectivity index (χ1v) is 6.66. The van der Waals surface area contributed by atoms with Gasteiger partial charge in [-0.15, -0.1) is 0 Å². The highest BCUT2D eigenvalue weighted by atomic mass is 14.9. The molecule has 0 aliphatic carbocycles. The van der Waals surface area contributed by atoms with E-state index in [1.807, 2.05) is 0 Å². The van der Waals surface area contributed by atoms with Crippen molar-refractivity contribution in [2.75, 3.05) is 6.54 Å². The lowest BCUT2D eigenvalue weighted by Gasteiger charge is -2.33. The normalized spacial score (nSPS) is 14.2. The third kappa shape index (κ3) is 10.5. The Morgan fingerprint density at radius 1 is 0.812 bits per heavy atom. The second kappa shape index (κ2) is 5.53. The van der Waals surface area contributed by atoms with Crippen molar-refractivity contribution in [1.82, 2.24) is 5.32 Å². The van der Waals surface area contributed by atoms with Crippen molar-refractivity contribution in [3.63, 3.8) is 0 Å². The molecule has 0 spiro atoms. The molecule has 0 amide bonds. The van der Waals surface area contributed by atoms with Crippen LogP contribution in [0.25, 0.3) is 0 Å². The van der Waals surface area contributed by atoms with Gasteiger partial charge in [0, 0.05) is 5.54 Å². The number of rotatable bonds is 5. The Balaban J connectivity index is 3.83. The number of nitrogens with one attached hydrogen (secondary N) is 1. The smallest absolute Gasteiger partial charge is 0.00965 e. The largest absolute Gasteiger partial charge is 0.312 e. The summed E-state index contributed by atoms with van der Waals surface area (Å²) in [5, 5.41) is 3.56. The Kier molecular flexibility index (Phi) is 5.52. The Morgan fingerprint density at radius 2 is 1.31 bits per heavy atom. The van der Waals surface area contributed by atoms with Crippen LogP contribution < -0.4 is 5.32 Å². The minimum atomic E-state index is 0.258. The SMILES string of the molecule is CC(C)(C)CC(C)(C)CCCNC(C)(C)C. The van der Waals surface area contributed by atoms with Crippen molar-refractivity contribution in [2.45, 2.75) is 80.2 Å². The number of hydrogen-bond acceptors (Lipinski definition) is 1. The molecule has 98 valence electrons. The lowest BCUT2D eigenvalue weighted by Crippen LogP contribution is -2.36. The van der Waals surface area contributed by atoms with E-state index in [1.165, 1.54) is 19.3 Å². The molecule has 0 bridgehead atoms. The van der Waals surface area contributed by atoms with E-state index in [4.69, 9.17) is 0 Å². The predicted octanol–water partition coefficient (Wildman–Crippen LogP) is 4.62. The van der Waals surface area contributed by atoms with Crippen molar-refractivity contribution in [1.29, 1.82) is 0 Å². The molecule has 0 aromatic carbocycles. The Morgan fingerprint density at radius 3 is 1.69 bits per heavy atom. The van der Waals surface area contributed by atoms with E-state index in [0.717, 1.165) is 6.54 Å². The van der Waals surface area contributed by atoms with Gasteiger partial charge >= 0.3 is 0 Å². The second-order valence-corrected chi connectivity index (χ2v) is 8.18. The van der Waals surface area contributed by atoms with E-state index < -0.39 is 0 Å². The van der Waals surface area contributed by atoms with E-state index in [2.05, 4.69) is 60.7 Å². The quantitative estimate of drug-likeness (QED) is 0.676. The van der Waals surface area contributed by atoms with Crippen LogP contribution in [0.2, 0.25) is 0 Å². The summed E-state index contributed by atoms with van der Waals surface area (Å²) in [5.74, 6) is 0. The summed E-state index contributed by atoms with van der Waals surface area (Å²) >= 11 is 0. The van der Waals surface area contributed by atoms with Crippen molar-refractivity contribution in [2.24, 2.45) is 10.8 Å². The van der Waals surface area contributed by atoms with E-state index >= 15 is 0 Å². The van der Waals surface area contributed by atoms with E-state index in [9.17, 15) is 0 Å². The Labute approximate surface area is 103 Å². The number of hydrogen-bond donors (Lipinski definition) is 1. The third-order valence-corrected chi connectivity index (χ3v) is 2.69. The van der Waals surface area contributed by atoms with Crippen molar-refractivity contribution >= 4 is 0 Å². The molecule has 0 saturated heterocycles. The fourth-order valence-corrected chi connectivity index (χ4v) is 2.55. The molecule has 0 unspecified atom stereocenters. The average Bonchev–Trinajstić information content (AvgIpc) is 1.91. The van der Waals surface area contributed by atoms with Gasteiger partial charge in [-0.3, -0.25) is 0 Å². The first-order chi connectivity index (χ1) is 6.91. The van der Waals surface area contributed by atoms with Crippen LogP contribution in [0.15, 0.2) is 0 Å². The van der Waals surface area contributed by atoms with Crippen LogP contribution in [0.1, 0.15) is 74.7 Å². The fourth-order valence-electron chi connectivity index (χ4n) is 2.55. The molecule has 0 aliphatic heterocycles. The fraction of sp³-hybridized carbons (Fsp3) is 1.00. The summed E-state index contributed by atoms with van der Waals surface area (Å²) in [5.41, 5.74) is 1.17. The molecule has 0 atom stereocenters. The molecule has 0 aromatic rings. The van der Waals surface area contributed by atoms with Crippen LogP contribution in [0, 0.1) is 10.8 Å². The summed E-state index contributed by atoms with van der Waals surface area (Å²) < 4.78 is 0. The van der Waals surface area contributed by atoms with Gasteiger partial charge in [0.1, 0.15) is 0 Å². The van der Waals surface area contributed by atoms with Crippen molar-refractivity contribution in [3.05, 3.63) is 0 Å². The van der Waals surface area contributed by atoms with Crippen LogP contribution in [0.4, 0.5) is 0 Å². The van der Waals surface area contributed by atoms with Crippen LogP contribution in [0.3, 0.4) is 0 Å². The zero-order chi connectivity index (χ0) is 13.0. The molecular formula is C15H33N. The van der Waals surface area contributed by atoms with Gasteiger partial charge in [-0.05, 0) is 57.4 Å². The van der Waals surface area contributed by atoms with Gasteiger partial charge in [0.05, 0.1) is 0 Å². The molecule has 0 heterocycles. The molecule has 0 aliphatic rings. The molecular weight excluding hydrogens is 194 g/mol. The molecule has 0 rings (SSSR count). The predicted molar refractivity (Wildman–Crippen MR) is 74.8 cm³/mol. The zero-order valence-electron chi connectivity index (χ0n) is 12.8. The van der Waals surface area contributed by atoms with E-state index in [1.54, 1.807) is 0 Å². The van der Waals surface area contributed by atoms with Crippen molar-refractivity contribution < 1.29 is 0 Å². The minimum Gasteiger partial charge on any atom is -0.312 e. The van der Waals surface area contributed by atoms with Gasteiger partial charge in [0.2, 0.25) is 0 Å². The summed E-state index contributed by atoms with van der Waals surface area (Å²) in [6.45, 7) is 19.6. The lowest BCUT2D eigenvalue weighted by atomic mass is 9.74. The highest BCUT2D eigenvalue weighted by molar-refractivity contribution is 4.77. The summed E-state index contributed by atoms with van der Waals surface area (Å²) in [6.07, 6.45) is 3.89. The molecule has 1 nitrogen and oxygen atoms in total. The lowest BCUT2D eigenvalue weighted by molar-refractivity contribution is 0.193. The molecule has 0 fully saturated rings. The highest BCUT2D eigenvalue weighted by Crippen LogP contribution is 2.36. The maximum absolute atomic E-state index is 3.56.